The van der Waals surface area contributed by atoms with Gasteiger partial charge < -0.3 is 37.0 Å². The van der Waals surface area contributed by atoms with Crippen molar-refractivity contribution < 1.29 is 34.5 Å². The number of amides is 3. The van der Waals surface area contributed by atoms with Gasteiger partial charge in [-0.1, -0.05) is 13.8 Å². The molecular weight excluding hydrogens is 336 g/mol. The predicted molar refractivity (Wildman–Crippen MR) is 86.1 cm³/mol. The van der Waals surface area contributed by atoms with E-state index in [0.29, 0.717) is 6.42 Å². The van der Waals surface area contributed by atoms with E-state index in [1.807, 2.05) is 19.2 Å². The third-order valence-electron chi connectivity index (χ3n) is 3.12. The highest BCUT2D eigenvalue weighted by atomic mass is 16.4. The highest BCUT2D eigenvalue weighted by Crippen LogP contribution is 2.02. The molecule has 0 heterocycles. The summed E-state index contributed by atoms with van der Waals surface area (Å²) in [6.07, 6.45) is 0.395. The van der Waals surface area contributed by atoms with Gasteiger partial charge in [0.15, 0.2) is 0 Å². The number of carboxylic acid groups (broad SMARTS) is 1. The van der Waals surface area contributed by atoms with Crippen LogP contribution < -0.4 is 21.7 Å². The number of hydrogen-bond donors (Lipinski definition) is 7. The zero-order valence-electron chi connectivity index (χ0n) is 14.2. The summed E-state index contributed by atoms with van der Waals surface area (Å²) in [5.74, 6) is -3.56. The maximum absolute atomic E-state index is 11.9. The molecule has 0 aromatic rings. The number of aliphatic hydroxyl groups is 2. The Kier molecular flexibility index (Phi) is 10.3. The molecule has 0 fully saturated rings. The molecule has 3 unspecified atom stereocenters. The number of carbonyl (C=O) groups is 4. The monoisotopic (exact) mass is 362 g/mol. The minimum atomic E-state index is -1.49. The lowest BCUT2D eigenvalue weighted by Gasteiger charge is -2.20. The number of aliphatic carboxylic acids is 1. The van der Waals surface area contributed by atoms with Gasteiger partial charge in [0.2, 0.25) is 17.7 Å². The first kappa shape index (κ1) is 22.8. The van der Waals surface area contributed by atoms with E-state index in [9.17, 15) is 24.3 Å². The number of carboxylic acids is 1. The fourth-order valence-corrected chi connectivity index (χ4v) is 1.81. The highest BCUT2D eigenvalue weighted by molar-refractivity contribution is 5.92. The Morgan fingerprint density at radius 1 is 0.960 bits per heavy atom. The Hall–Kier alpha value is -2.24. The number of nitrogens with two attached hydrogens (primary N) is 1. The third-order valence-corrected chi connectivity index (χ3v) is 3.12. The van der Waals surface area contributed by atoms with Gasteiger partial charge in [-0.25, -0.2) is 4.79 Å². The van der Waals surface area contributed by atoms with Gasteiger partial charge in [0, 0.05) is 0 Å². The molecule has 11 heteroatoms. The quantitative estimate of drug-likeness (QED) is 0.197. The Morgan fingerprint density at radius 3 is 1.96 bits per heavy atom. The Bertz CT molecular complexity index is 484. The standard InChI is InChI=1S/C14H26N4O7/c1-7(2)3-8(15)12(22)18-9(5-19)13(23)16-4-11(21)17-10(6-20)14(24)25/h7-10,19-20H,3-6,15H2,1-2H3,(H,16,23)(H,17,21)(H,18,22)(H,24,25). The largest absolute Gasteiger partial charge is 0.480 e. The van der Waals surface area contributed by atoms with Crippen LogP contribution in [0.5, 0.6) is 0 Å². The average molecular weight is 362 g/mol. The first-order chi connectivity index (χ1) is 11.6. The summed E-state index contributed by atoms with van der Waals surface area (Å²) < 4.78 is 0. The second kappa shape index (κ2) is 11.3. The van der Waals surface area contributed by atoms with Gasteiger partial charge in [0.1, 0.15) is 12.1 Å². The summed E-state index contributed by atoms with van der Waals surface area (Å²) in [5, 5.41) is 33.1. The number of nitrogens with one attached hydrogen (secondary N) is 3. The molecule has 0 aromatic heterocycles. The third kappa shape index (κ3) is 8.98. The molecule has 0 saturated heterocycles. The summed E-state index contributed by atoms with van der Waals surface area (Å²) in [7, 11) is 0. The van der Waals surface area contributed by atoms with Gasteiger partial charge in [-0.05, 0) is 12.3 Å². The molecule has 11 nitrogen and oxygen atoms in total. The smallest absolute Gasteiger partial charge is 0.328 e. The van der Waals surface area contributed by atoms with Crippen LogP contribution in [0, 0.1) is 5.92 Å². The van der Waals surface area contributed by atoms with Crippen molar-refractivity contribution in [2.45, 2.75) is 38.4 Å². The molecule has 0 aliphatic carbocycles. The Labute approximate surface area is 145 Å². The van der Waals surface area contributed by atoms with E-state index in [2.05, 4.69) is 10.6 Å². The summed E-state index contributed by atoms with van der Waals surface area (Å²) in [5.41, 5.74) is 5.67. The predicted octanol–water partition coefficient (Wildman–Crippen LogP) is -3.49. The summed E-state index contributed by atoms with van der Waals surface area (Å²) in [4.78, 5) is 45.9. The van der Waals surface area contributed by atoms with E-state index in [4.69, 9.17) is 15.9 Å². The van der Waals surface area contributed by atoms with Crippen molar-refractivity contribution in [3.05, 3.63) is 0 Å². The summed E-state index contributed by atoms with van der Waals surface area (Å²) >= 11 is 0. The van der Waals surface area contributed by atoms with Gasteiger partial charge in [0.25, 0.3) is 0 Å². The number of carbonyl (C=O) groups excluding carboxylic acids is 3. The van der Waals surface area contributed by atoms with Crippen molar-refractivity contribution in [3.8, 4) is 0 Å². The molecule has 0 rings (SSSR count). The summed E-state index contributed by atoms with van der Waals surface area (Å²) in [6, 6.07) is -3.63. The van der Waals surface area contributed by atoms with E-state index in [-0.39, 0.29) is 5.92 Å². The van der Waals surface area contributed by atoms with Gasteiger partial charge in [-0.2, -0.15) is 0 Å². The molecule has 25 heavy (non-hydrogen) atoms. The van der Waals surface area contributed by atoms with E-state index < -0.39 is 61.6 Å². The second-order valence-electron chi connectivity index (χ2n) is 5.84. The van der Waals surface area contributed by atoms with Crippen molar-refractivity contribution >= 4 is 23.7 Å². The molecule has 3 amide bonds. The Morgan fingerprint density at radius 2 is 1.52 bits per heavy atom. The van der Waals surface area contributed by atoms with Gasteiger partial charge in [-0.15, -0.1) is 0 Å². The zero-order valence-corrected chi connectivity index (χ0v) is 14.2. The van der Waals surface area contributed by atoms with Crippen LogP contribution in [0.25, 0.3) is 0 Å². The number of rotatable bonds is 11. The molecule has 144 valence electrons. The molecule has 3 atom stereocenters. The van der Waals surface area contributed by atoms with E-state index in [1.54, 1.807) is 0 Å². The minimum Gasteiger partial charge on any atom is -0.480 e. The van der Waals surface area contributed by atoms with Crippen LogP contribution in [-0.4, -0.2) is 76.9 Å². The second-order valence-corrected chi connectivity index (χ2v) is 5.84. The fraction of sp³-hybridized carbons (Fsp3) is 0.714. The molecule has 0 bridgehead atoms. The average Bonchev–Trinajstić information content (AvgIpc) is 2.53. The van der Waals surface area contributed by atoms with E-state index in [1.165, 1.54) is 0 Å². The fourth-order valence-electron chi connectivity index (χ4n) is 1.81. The van der Waals surface area contributed by atoms with Crippen LogP contribution >= 0.6 is 0 Å². The van der Waals surface area contributed by atoms with Crippen LogP contribution in [0.3, 0.4) is 0 Å². The van der Waals surface area contributed by atoms with Crippen molar-refractivity contribution in [1.82, 2.24) is 16.0 Å². The zero-order chi connectivity index (χ0) is 19.6. The minimum absolute atomic E-state index is 0.166. The van der Waals surface area contributed by atoms with E-state index >= 15 is 0 Å². The number of hydrogen-bond acceptors (Lipinski definition) is 7. The SMILES string of the molecule is CC(C)CC(N)C(=O)NC(CO)C(=O)NCC(=O)NC(CO)C(=O)O. The normalized spacial score (nSPS) is 14.3. The van der Waals surface area contributed by atoms with Gasteiger partial charge >= 0.3 is 5.97 Å². The van der Waals surface area contributed by atoms with Gasteiger partial charge in [-0.3, -0.25) is 14.4 Å². The van der Waals surface area contributed by atoms with Crippen LogP contribution in [0.2, 0.25) is 0 Å². The molecule has 0 spiro atoms. The lowest BCUT2D eigenvalue weighted by molar-refractivity contribution is -0.142. The Balaban J connectivity index is 4.48. The van der Waals surface area contributed by atoms with Crippen molar-refractivity contribution in [2.24, 2.45) is 11.7 Å². The molecule has 0 aliphatic heterocycles. The molecule has 8 N–H and O–H groups in total. The summed E-state index contributed by atoms with van der Waals surface area (Å²) in [6.45, 7) is 1.64. The number of aliphatic hydroxyl groups excluding tert-OH is 2. The first-order valence-electron chi connectivity index (χ1n) is 7.69. The van der Waals surface area contributed by atoms with Crippen molar-refractivity contribution in [1.29, 1.82) is 0 Å². The van der Waals surface area contributed by atoms with Crippen molar-refractivity contribution in [3.63, 3.8) is 0 Å². The van der Waals surface area contributed by atoms with E-state index in [0.717, 1.165) is 0 Å². The van der Waals surface area contributed by atoms with Gasteiger partial charge in [0.05, 0.1) is 25.8 Å². The van der Waals surface area contributed by atoms with Crippen LogP contribution in [0.15, 0.2) is 0 Å². The molecular formula is C14H26N4O7. The maximum Gasteiger partial charge on any atom is 0.328 e. The van der Waals surface area contributed by atoms with Crippen LogP contribution in [0.1, 0.15) is 20.3 Å². The molecule has 0 radical (unpaired) electrons. The molecule has 0 aliphatic rings. The van der Waals surface area contributed by atoms with Crippen molar-refractivity contribution in [2.75, 3.05) is 19.8 Å². The topological polar surface area (TPSA) is 191 Å². The first-order valence-corrected chi connectivity index (χ1v) is 7.69. The van der Waals surface area contributed by atoms with Crippen LogP contribution in [0.4, 0.5) is 0 Å². The maximum atomic E-state index is 11.9. The lowest BCUT2D eigenvalue weighted by atomic mass is 10.0. The molecule has 0 saturated carbocycles. The van der Waals surface area contributed by atoms with Crippen LogP contribution in [-0.2, 0) is 19.2 Å². The molecule has 0 aromatic carbocycles. The highest BCUT2D eigenvalue weighted by Gasteiger charge is 2.24. The lowest BCUT2D eigenvalue weighted by Crippen LogP contribution is -2.55.